The van der Waals surface area contributed by atoms with Crippen LogP contribution < -0.4 is 5.73 Å². The highest BCUT2D eigenvalue weighted by atomic mass is 32.1. The van der Waals surface area contributed by atoms with E-state index in [1.165, 1.54) is 11.1 Å². The first kappa shape index (κ1) is 17.1. The number of benzene rings is 1. The van der Waals surface area contributed by atoms with E-state index in [1.54, 1.807) is 7.11 Å². The van der Waals surface area contributed by atoms with Crippen LogP contribution in [0.4, 0.5) is 0 Å². The van der Waals surface area contributed by atoms with Gasteiger partial charge in [-0.1, -0.05) is 50.3 Å². The lowest BCUT2D eigenvalue weighted by molar-refractivity contribution is 0.146. The lowest BCUT2D eigenvalue weighted by atomic mass is 10.0. The summed E-state index contributed by atoms with van der Waals surface area (Å²) in [4.78, 5) is 2.90. The normalized spacial score (nSPS) is 11.2. The highest BCUT2D eigenvalue weighted by Gasteiger charge is 2.07. The Kier molecular flexibility index (Phi) is 7.73. The Bertz CT molecular complexity index is 403. The van der Waals surface area contributed by atoms with Crippen LogP contribution in [0, 0.1) is 0 Å². The van der Waals surface area contributed by atoms with Crippen molar-refractivity contribution >= 4 is 17.2 Å². The minimum Gasteiger partial charge on any atom is -0.393 e. The van der Waals surface area contributed by atoms with Crippen molar-refractivity contribution in [1.29, 1.82) is 0 Å². The number of nitrogens with two attached hydrogens (primary N) is 1. The SMILES string of the molecule is COCCN(CCC(N)=S)Cc1ccc(C(C)C)cc1. The molecule has 3 nitrogen and oxygen atoms in total. The Labute approximate surface area is 128 Å². The van der Waals surface area contributed by atoms with E-state index in [2.05, 4.69) is 43.0 Å². The van der Waals surface area contributed by atoms with Gasteiger partial charge in [-0.3, -0.25) is 4.90 Å². The summed E-state index contributed by atoms with van der Waals surface area (Å²) in [5.41, 5.74) is 8.28. The van der Waals surface area contributed by atoms with Crippen LogP contribution in [0.5, 0.6) is 0 Å². The van der Waals surface area contributed by atoms with Gasteiger partial charge in [-0.25, -0.2) is 0 Å². The molecule has 0 radical (unpaired) electrons. The smallest absolute Gasteiger partial charge is 0.0740 e. The fourth-order valence-electron chi connectivity index (χ4n) is 2.02. The molecule has 0 aliphatic carbocycles. The summed E-state index contributed by atoms with van der Waals surface area (Å²) in [6.07, 6.45) is 0.753. The summed E-state index contributed by atoms with van der Waals surface area (Å²) >= 11 is 4.96. The van der Waals surface area contributed by atoms with Crippen LogP contribution in [-0.4, -0.2) is 36.7 Å². The number of nitrogens with zero attached hydrogens (tertiary/aromatic N) is 1. The Hall–Kier alpha value is -0.970. The van der Waals surface area contributed by atoms with Gasteiger partial charge in [0, 0.05) is 33.2 Å². The van der Waals surface area contributed by atoms with E-state index in [1.807, 2.05) is 0 Å². The minimum absolute atomic E-state index is 0.572. The lowest BCUT2D eigenvalue weighted by Gasteiger charge is -2.22. The van der Waals surface area contributed by atoms with Crippen molar-refractivity contribution in [2.75, 3.05) is 26.8 Å². The zero-order valence-corrected chi connectivity index (χ0v) is 13.6. The molecule has 1 aromatic rings. The third kappa shape index (κ3) is 6.46. The summed E-state index contributed by atoms with van der Waals surface area (Å²) in [5, 5.41) is 0. The van der Waals surface area contributed by atoms with Gasteiger partial charge < -0.3 is 10.5 Å². The Morgan fingerprint density at radius 2 is 1.90 bits per heavy atom. The van der Waals surface area contributed by atoms with Crippen molar-refractivity contribution in [3.05, 3.63) is 35.4 Å². The van der Waals surface area contributed by atoms with Gasteiger partial charge in [0.05, 0.1) is 11.6 Å². The quantitative estimate of drug-likeness (QED) is 0.711. The molecule has 0 atom stereocenters. The van der Waals surface area contributed by atoms with Crippen LogP contribution >= 0.6 is 12.2 Å². The fraction of sp³-hybridized carbons (Fsp3) is 0.562. The van der Waals surface area contributed by atoms with Gasteiger partial charge in [-0.2, -0.15) is 0 Å². The highest BCUT2D eigenvalue weighted by molar-refractivity contribution is 7.80. The van der Waals surface area contributed by atoms with Crippen LogP contribution in [0.2, 0.25) is 0 Å². The summed E-state index contributed by atoms with van der Waals surface area (Å²) in [5.74, 6) is 0.572. The van der Waals surface area contributed by atoms with Crippen molar-refractivity contribution in [1.82, 2.24) is 4.90 Å². The zero-order valence-electron chi connectivity index (χ0n) is 12.8. The summed E-state index contributed by atoms with van der Waals surface area (Å²) in [6.45, 7) is 7.83. The predicted octanol–water partition coefficient (Wildman–Crippen LogP) is 2.93. The second-order valence-electron chi connectivity index (χ2n) is 5.38. The summed E-state index contributed by atoms with van der Waals surface area (Å²) in [7, 11) is 1.73. The average molecular weight is 294 g/mol. The predicted molar refractivity (Wildman–Crippen MR) is 89.1 cm³/mol. The molecular formula is C16H26N2OS. The molecule has 0 unspecified atom stereocenters. The van der Waals surface area contributed by atoms with E-state index in [-0.39, 0.29) is 0 Å². The van der Waals surface area contributed by atoms with Gasteiger partial charge in [0.25, 0.3) is 0 Å². The third-order valence-electron chi connectivity index (χ3n) is 3.34. The van der Waals surface area contributed by atoms with E-state index in [0.29, 0.717) is 10.9 Å². The molecular weight excluding hydrogens is 268 g/mol. The number of ether oxygens (including phenoxy) is 1. The molecule has 0 bridgehead atoms. The number of thiocarbonyl (C=S) groups is 1. The Balaban J connectivity index is 2.60. The molecule has 0 fully saturated rings. The third-order valence-corrected chi connectivity index (χ3v) is 3.54. The molecule has 1 aromatic carbocycles. The van der Waals surface area contributed by atoms with Gasteiger partial charge in [0.1, 0.15) is 0 Å². The van der Waals surface area contributed by atoms with Crippen molar-refractivity contribution in [3.8, 4) is 0 Å². The number of hydrogen-bond donors (Lipinski definition) is 1. The van der Waals surface area contributed by atoms with Crippen LogP contribution in [0.1, 0.15) is 37.3 Å². The number of methoxy groups -OCH3 is 1. The maximum Gasteiger partial charge on any atom is 0.0740 e. The molecule has 1 rings (SSSR count). The first-order valence-corrected chi connectivity index (χ1v) is 7.52. The second kappa shape index (κ2) is 9.06. The van der Waals surface area contributed by atoms with E-state index in [9.17, 15) is 0 Å². The van der Waals surface area contributed by atoms with Crippen molar-refractivity contribution < 1.29 is 4.74 Å². The van der Waals surface area contributed by atoms with Crippen LogP contribution in [0.3, 0.4) is 0 Å². The zero-order chi connectivity index (χ0) is 15.0. The molecule has 0 aliphatic rings. The molecule has 0 spiro atoms. The molecule has 0 heterocycles. The Morgan fingerprint density at radius 3 is 2.40 bits per heavy atom. The van der Waals surface area contributed by atoms with Crippen LogP contribution in [0.15, 0.2) is 24.3 Å². The average Bonchev–Trinajstić information content (AvgIpc) is 2.42. The molecule has 0 saturated heterocycles. The largest absolute Gasteiger partial charge is 0.393 e. The van der Waals surface area contributed by atoms with Gasteiger partial charge in [0.15, 0.2) is 0 Å². The van der Waals surface area contributed by atoms with Crippen LogP contribution in [0.25, 0.3) is 0 Å². The van der Waals surface area contributed by atoms with Gasteiger partial charge in [0.2, 0.25) is 0 Å². The second-order valence-corrected chi connectivity index (χ2v) is 5.91. The van der Waals surface area contributed by atoms with E-state index in [0.717, 1.165) is 32.7 Å². The van der Waals surface area contributed by atoms with Crippen molar-refractivity contribution in [3.63, 3.8) is 0 Å². The van der Waals surface area contributed by atoms with E-state index >= 15 is 0 Å². The monoisotopic (exact) mass is 294 g/mol. The highest BCUT2D eigenvalue weighted by Crippen LogP contribution is 2.15. The Morgan fingerprint density at radius 1 is 1.25 bits per heavy atom. The number of hydrogen-bond acceptors (Lipinski definition) is 3. The summed E-state index contributed by atoms with van der Waals surface area (Å²) < 4.78 is 5.16. The van der Waals surface area contributed by atoms with Gasteiger partial charge >= 0.3 is 0 Å². The first-order chi connectivity index (χ1) is 9.52. The topological polar surface area (TPSA) is 38.5 Å². The maximum atomic E-state index is 5.59. The molecule has 0 saturated carbocycles. The molecule has 4 heteroatoms. The van der Waals surface area contributed by atoms with E-state index < -0.39 is 0 Å². The van der Waals surface area contributed by atoms with Gasteiger partial charge in [-0.05, 0) is 17.0 Å². The molecule has 2 N–H and O–H groups in total. The molecule has 0 amide bonds. The van der Waals surface area contributed by atoms with E-state index in [4.69, 9.17) is 22.7 Å². The molecule has 20 heavy (non-hydrogen) atoms. The molecule has 0 aliphatic heterocycles. The lowest BCUT2D eigenvalue weighted by Crippen LogP contribution is -2.30. The minimum atomic E-state index is 0.572. The molecule has 112 valence electrons. The number of rotatable bonds is 9. The molecule has 0 aromatic heterocycles. The van der Waals surface area contributed by atoms with Crippen molar-refractivity contribution in [2.45, 2.75) is 32.7 Å². The standard InChI is InChI=1S/C16H26N2OS/c1-13(2)15-6-4-14(5-7-15)12-18(10-11-19-3)9-8-16(17)20/h4-7,13H,8-12H2,1-3H3,(H2,17,20). The van der Waals surface area contributed by atoms with Gasteiger partial charge in [-0.15, -0.1) is 0 Å². The maximum absolute atomic E-state index is 5.59. The van der Waals surface area contributed by atoms with Crippen molar-refractivity contribution in [2.24, 2.45) is 5.73 Å². The first-order valence-electron chi connectivity index (χ1n) is 7.11. The van der Waals surface area contributed by atoms with Crippen LogP contribution in [-0.2, 0) is 11.3 Å². The summed E-state index contributed by atoms with van der Waals surface area (Å²) in [6, 6.07) is 8.83. The fourth-order valence-corrected chi connectivity index (χ4v) is 2.12.